The normalized spacial score (nSPS) is 20.4. The number of aromatic nitrogens is 1. The lowest BCUT2D eigenvalue weighted by Gasteiger charge is -2.30. The smallest absolute Gasteiger partial charge is 0.309 e. The molecule has 0 bridgehead atoms. The summed E-state index contributed by atoms with van der Waals surface area (Å²) in [4.78, 5) is 30.4. The molecule has 0 N–H and O–H groups in total. The van der Waals surface area contributed by atoms with E-state index < -0.39 is 22.1 Å². The Morgan fingerprint density at radius 1 is 1.19 bits per heavy atom. The van der Waals surface area contributed by atoms with E-state index in [2.05, 4.69) is 4.98 Å². The Balaban J connectivity index is 1.52. The maximum absolute atomic E-state index is 12.6. The third-order valence-corrected chi connectivity index (χ3v) is 7.00. The Kier molecular flexibility index (Phi) is 6.11. The number of carbonyl (C=O) groups excluding carboxylic acids is 2. The number of likely N-dealkylation sites (tertiary alicyclic amines) is 1. The highest BCUT2D eigenvalue weighted by Gasteiger charge is 2.34. The van der Waals surface area contributed by atoms with Gasteiger partial charge in [-0.05, 0) is 44.7 Å². The highest BCUT2D eigenvalue weighted by Crippen LogP contribution is 2.25. The lowest BCUT2D eigenvalue weighted by Crippen LogP contribution is -2.43. The van der Waals surface area contributed by atoms with E-state index >= 15 is 0 Å². The highest BCUT2D eigenvalue weighted by atomic mass is 32.2. The number of pyridine rings is 1. The molecule has 1 atom stereocenters. The van der Waals surface area contributed by atoms with Crippen LogP contribution < -0.4 is 0 Å². The van der Waals surface area contributed by atoms with E-state index in [1.807, 2.05) is 0 Å². The van der Waals surface area contributed by atoms with Gasteiger partial charge in [0.1, 0.15) is 4.90 Å². The zero-order valence-corrected chi connectivity index (χ0v) is 16.2. The number of rotatable bonds is 5. The molecule has 3 heterocycles. The number of piperidine rings is 1. The first kappa shape index (κ1) is 19.8. The molecule has 8 nitrogen and oxygen atoms in total. The average Bonchev–Trinajstić information content (AvgIpc) is 3.23. The van der Waals surface area contributed by atoms with Gasteiger partial charge in [-0.3, -0.25) is 14.6 Å². The SMILES string of the molecule is CC(OC(=O)C1CCN(S(=O)(=O)c2cccnc2)CC1)C(=O)N1CCCC1. The van der Waals surface area contributed by atoms with E-state index in [9.17, 15) is 18.0 Å². The van der Waals surface area contributed by atoms with Gasteiger partial charge in [0, 0.05) is 38.6 Å². The molecule has 27 heavy (non-hydrogen) atoms. The van der Waals surface area contributed by atoms with Crippen molar-refractivity contribution in [2.75, 3.05) is 26.2 Å². The van der Waals surface area contributed by atoms with Gasteiger partial charge >= 0.3 is 5.97 Å². The molecule has 0 radical (unpaired) electrons. The quantitative estimate of drug-likeness (QED) is 0.691. The van der Waals surface area contributed by atoms with Crippen LogP contribution in [0.2, 0.25) is 0 Å². The largest absolute Gasteiger partial charge is 0.452 e. The molecule has 0 aliphatic carbocycles. The van der Waals surface area contributed by atoms with Gasteiger partial charge in [0.05, 0.1) is 5.92 Å². The molecule has 0 saturated carbocycles. The van der Waals surface area contributed by atoms with Crippen molar-refractivity contribution in [1.82, 2.24) is 14.2 Å². The number of nitrogens with zero attached hydrogens (tertiary/aromatic N) is 3. The number of hydrogen-bond acceptors (Lipinski definition) is 6. The number of carbonyl (C=O) groups is 2. The maximum atomic E-state index is 12.6. The standard InChI is InChI=1S/C18H25N3O5S/c1-14(17(22)20-9-2-3-10-20)26-18(23)15-6-11-21(12-7-15)27(24,25)16-5-4-8-19-13-16/h4-5,8,13-15H,2-3,6-7,9-12H2,1H3. The maximum Gasteiger partial charge on any atom is 0.309 e. The first-order valence-electron chi connectivity index (χ1n) is 9.29. The predicted octanol–water partition coefficient (Wildman–Crippen LogP) is 1.04. The second-order valence-electron chi connectivity index (χ2n) is 6.98. The minimum Gasteiger partial charge on any atom is -0.452 e. The second-order valence-corrected chi connectivity index (χ2v) is 8.92. The minimum absolute atomic E-state index is 0.149. The minimum atomic E-state index is -3.60. The van der Waals surface area contributed by atoms with E-state index in [-0.39, 0.29) is 29.8 Å². The van der Waals surface area contributed by atoms with Crippen LogP contribution in [-0.4, -0.2) is 66.8 Å². The van der Waals surface area contributed by atoms with E-state index in [0.29, 0.717) is 25.9 Å². The highest BCUT2D eigenvalue weighted by molar-refractivity contribution is 7.89. The number of amides is 1. The van der Waals surface area contributed by atoms with Crippen LogP contribution >= 0.6 is 0 Å². The summed E-state index contributed by atoms with van der Waals surface area (Å²) in [5.74, 6) is -0.968. The monoisotopic (exact) mass is 395 g/mol. The van der Waals surface area contributed by atoms with Crippen molar-refractivity contribution in [2.45, 2.75) is 43.6 Å². The molecule has 2 aliphatic heterocycles. The molecular weight excluding hydrogens is 370 g/mol. The van der Waals surface area contributed by atoms with Crippen LogP contribution in [0.15, 0.2) is 29.4 Å². The van der Waals surface area contributed by atoms with Crippen molar-refractivity contribution in [1.29, 1.82) is 0 Å². The third kappa shape index (κ3) is 4.47. The molecule has 148 valence electrons. The Morgan fingerprint density at radius 3 is 2.44 bits per heavy atom. The number of sulfonamides is 1. The lowest BCUT2D eigenvalue weighted by atomic mass is 9.98. The number of ether oxygens (including phenoxy) is 1. The third-order valence-electron chi connectivity index (χ3n) is 5.12. The molecule has 2 saturated heterocycles. The molecule has 1 amide bonds. The molecule has 0 spiro atoms. The van der Waals surface area contributed by atoms with Crippen LogP contribution in [0.3, 0.4) is 0 Å². The van der Waals surface area contributed by atoms with Gasteiger partial charge in [0.15, 0.2) is 6.10 Å². The van der Waals surface area contributed by atoms with Gasteiger partial charge in [-0.1, -0.05) is 0 Å². The van der Waals surface area contributed by atoms with Gasteiger partial charge in [0.2, 0.25) is 10.0 Å². The fraction of sp³-hybridized carbons (Fsp3) is 0.611. The predicted molar refractivity (Wildman–Crippen MR) is 97.1 cm³/mol. The van der Waals surface area contributed by atoms with Crippen molar-refractivity contribution in [2.24, 2.45) is 5.92 Å². The Morgan fingerprint density at radius 2 is 1.85 bits per heavy atom. The summed E-state index contributed by atoms with van der Waals surface area (Å²) < 4.78 is 31.9. The summed E-state index contributed by atoms with van der Waals surface area (Å²) in [7, 11) is -3.60. The van der Waals surface area contributed by atoms with Crippen molar-refractivity contribution in [3.8, 4) is 0 Å². The first-order valence-corrected chi connectivity index (χ1v) is 10.7. The van der Waals surface area contributed by atoms with Gasteiger partial charge in [-0.25, -0.2) is 8.42 Å². The van der Waals surface area contributed by atoms with E-state index in [1.165, 1.54) is 22.8 Å². The Hall–Kier alpha value is -2.00. The zero-order valence-electron chi connectivity index (χ0n) is 15.4. The molecule has 2 fully saturated rings. The van der Waals surface area contributed by atoms with E-state index in [1.54, 1.807) is 17.9 Å². The van der Waals surface area contributed by atoms with Crippen molar-refractivity contribution < 1.29 is 22.7 Å². The molecule has 3 rings (SSSR count). The van der Waals surface area contributed by atoms with Crippen molar-refractivity contribution >= 4 is 21.9 Å². The molecule has 0 aromatic carbocycles. The average molecular weight is 395 g/mol. The summed E-state index contributed by atoms with van der Waals surface area (Å²) in [5.41, 5.74) is 0. The number of hydrogen-bond donors (Lipinski definition) is 0. The van der Waals surface area contributed by atoms with E-state index in [4.69, 9.17) is 4.74 Å². The molecule has 1 aromatic rings. The fourth-order valence-electron chi connectivity index (χ4n) is 3.50. The molecule has 1 unspecified atom stereocenters. The summed E-state index contributed by atoms with van der Waals surface area (Å²) in [6.07, 6.45) is 4.76. The van der Waals surface area contributed by atoms with Crippen molar-refractivity contribution in [3.63, 3.8) is 0 Å². The van der Waals surface area contributed by atoms with Crippen LogP contribution in [-0.2, 0) is 24.3 Å². The summed E-state index contributed by atoms with van der Waals surface area (Å²) in [6, 6.07) is 3.09. The van der Waals surface area contributed by atoms with Gasteiger partial charge in [0.25, 0.3) is 5.91 Å². The Bertz CT molecular complexity index is 769. The summed E-state index contributed by atoms with van der Waals surface area (Å²) in [6.45, 7) is 3.51. The first-order chi connectivity index (χ1) is 12.9. The van der Waals surface area contributed by atoms with Gasteiger partial charge in [-0.15, -0.1) is 0 Å². The second kappa shape index (κ2) is 8.35. The topological polar surface area (TPSA) is 96.9 Å². The van der Waals surface area contributed by atoms with Gasteiger partial charge < -0.3 is 9.64 Å². The Labute approximate surface area is 159 Å². The summed E-state index contributed by atoms with van der Waals surface area (Å²) >= 11 is 0. The molecule has 1 aromatic heterocycles. The molecule has 9 heteroatoms. The zero-order chi connectivity index (χ0) is 19.4. The van der Waals surface area contributed by atoms with E-state index in [0.717, 1.165) is 12.8 Å². The fourth-order valence-corrected chi connectivity index (χ4v) is 4.93. The van der Waals surface area contributed by atoms with Crippen LogP contribution in [0, 0.1) is 5.92 Å². The van der Waals surface area contributed by atoms with Crippen LogP contribution in [0.25, 0.3) is 0 Å². The molecular formula is C18H25N3O5S. The van der Waals surface area contributed by atoms with Crippen LogP contribution in [0.1, 0.15) is 32.6 Å². The summed E-state index contributed by atoms with van der Waals surface area (Å²) in [5, 5.41) is 0. The molecule has 2 aliphatic rings. The van der Waals surface area contributed by atoms with Crippen LogP contribution in [0.5, 0.6) is 0 Å². The van der Waals surface area contributed by atoms with Crippen LogP contribution in [0.4, 0.5) is 0 Å². The lowest BCUT2D eigenvalue weighted by molar-refractivity contribution is -0.163. The number of esters is 1. The van der Waals surface area contributed by atoms with Gasteiger partial charge in [-0.2, -0.15) is 4.31 Å². The van der Waals surface area contributed by atoms with Crippen molar-refractivity contribution in [3.05, 3.63) is 24.5 Å².